The van der Waals surface area contributed by atoms with Crippen LogP contribution in [0.25, 0.3) is 11.3 Å². The van der Waals surface area contributed by atoms with Crippen LogP contribution in [0, 0.1) is 5.92 Å². The molecule has 1 atom stereocenters. The molecule has 26 heavy (non-hydrogen) atoms. The number of nitrogen functional groups attached to an aromatic ring is 1. The molecule has 0 amide bonds. The van der Waals surface area contributed by atoms with E-state index in [1.165, 1.54) is 6.20 Å². The molecular formula is C16H16F4N4O2. The summed E-state index contributed by atoms with van der Waals surface area (Å²) in [6, 6.07) is 1.09. The number of pyridine rings is 1. The van der Waals surface area contributed by atoms with Gasteiger partial charge in [0.05, 0.1) is 5.69 Å². The van der Waals surface area contributed by atoms with Crippen LogP contribution in [0.4, 0.5) is 23.4 Å². The predicted octanol–water partition coefficient (Wildman–Crippen LogP) is 2.77. The smallest absolute Gasteiger partial charge is 0.402 e. The Morgan fingerprint density at radius 3 is 2.65 bits per heavy atom. The maximum atomic E-state index is 13.9. The number of hydrogen-bond acceptors (Lipinski definition) is 5. The van der Waals surface area contributed by atoms with E-state index < -0.39 is 29.6 Å². The van der Waals surface area contributed by atoms with Crippen molar-refractivity contribution in [3.8, 4) is 17.0 Å². The predicted molar refractivity (Wildman–Crippen MR) is 82.7 cm³/mol. The average Bonchev–Trinajstić information content (AvgIpc) is 3.17. The molecule has 0 aromatic carbocycles. The number of aromatic nitrogens is 3. The van der Waals surface area contributed by atoms with Crippen molar-refractivity contribution >= 4 is 5.82 Å². The Labute approximate surface area is 145 Å². The molecule has 0 radical (unpaired) electrons. The maximum Gasteiger partial charge on any atom is 0.573 e. The number of nitrogens with zero attached hydrogens (tertiary/aromatic N) is 3. The summed E-state index contributed by atoms with van der Waals surface area (Å²) in [4.78, 5) is 8.00. The SMILES string of the molecule is Nc1ncc(-c2cn(C34CC(C3)[C@@H](F)C4)c(CO)n2)cc1OC(F)(F)F. The van der Waals surface area contributed by atoms with Gasteiger partial charge in [0.1, 0.15) is 18.6 Å². The average molecular weight is 372 g/mol. The highest BCUT2D eigenvalue weighted by Gasteiger charge is 2.58. The third-order valence-electron chi connectivity index (χ3n) is 5.21. The van der Waals surface area contributed by atoms with Crippen LogP contribution in [0.2, 0.25) is 0 Å². The molecule has 3 N–H and O–H groups in total. The first-order valence-corrected chi connectivity index (χ1v) is 8.06. The van der Waals surface area contributed by atoms with Crippen molar-refractivity contribution in [3.05, 3.63) is 24.3 Å². The lowest BCUT2D eigenvalue weighted by Crippen LogP contribution is -2.39. The summed E-state index contributed by atoms with van der Waals surface area (Å²) in [5.74, 6) is -0.661. The van der Waals surface area contributed by atoms with Gasteiger partial charge in [0.25, 0.3) is 0 Å². The number of imidazole rings is 1. The number of hydrogen-bond donors (Lipinski definition) is 2. The number of fused-ring (bicyclic) bond motifs is 1. The van der Waals surface area contributed by atoms with E-state index in [2.05, 4.69) is 14.7 Å². The standard InChI is InChI=1S/C16H16F4N4O2/c17-10-4-15(2-9(10)3-15)24-6-11(23-13(24)7-25)8-1-12(14(21)22-5-8)26-16(18,19)20/h1,5-6,9-10,25H,2-4,7H2,(H2,21,22)/t9?,10-,15?/m0/s1. The molecule has 2 bridgehead atoms. The van der Waals surface area contributed by atoms with Gasteiger partial charge in [0.15, 0.2) is 11.6 Å². The van der Waals surface area contributed by atoms with Crippen LogP contribution in [-0.4, -0.2) is 32.2 Å². The molecular weight excluding hydrogens is 356 g/mol. The molecule has 0 saturated heterocycles. The highest BCUT2D eigenvalue weighted by atomic mass is 19.4. The van der Waals surface area contributed by atoms with E-state index in [-0.39, 0.29) is 18.1 Å². The Morgan fingerprint density at radius 1 is 1.35 bits per heavy atom. The summed E-state index contributed by atoms with van der Waals surface area (Å²) >= 11 is 0. The number of nitrogens with two attached hydrogens (primary N) is 1. The Bertz CT molecular complexity index is 845. The number of alkyl halides is 4. The maximum absolute atomic E-state index is 13.9. The molecule has 2 heterocycles. The van der Waals surface area contributed by atoms with Crippen molar-refractivity contribution in [1.29, 1.82) is 0 Å². The lowest BCUT2D eigenvalue weighted by Gasteiger charge is -2.40. The van der Waals surface area contributed by atoms with E-state index in [1.807, 2.05) is 0 Å². The van der Waals surface area contributed by atoms with Gasteiger partial charge in [-0.15, -0.1) is 13.2 Å². The molecule has 2 aromatic heterocycles. The number of aliphatic hydroxyl groups is 1. The molecule has 3 saturated carbocycles. The Morgan fingerprint density at radius 2 is 2.08 bits per heavy atom. The first-order chi connectivity index (χ1) is 12.2. The second-order valence-corrected chi connectivity index (χ2v) is 6.84. The van der Waals surface area contributed by atoms with Crippen molar-refractivity contribution in [2.24, 2.45) is 5.92 Å². The second kappa shape index (κ2) is 5.57. The summed E-state index contributed by atoms with van der Waals surface area (Å²) in [6.07, 6.45) is -1.20. The Kier molecular flexibility index (Phi) is 3.66. The highest BCUT2D eigenvalue weighted by molar-refractivity contribution is 5.64. The topological polar surface area (TPSA) is 86.2 Å². The fraction of sp³-hybridized carbons (Fsp3) is 0.500. The van der Waals surface area contributed by atoms with E-state index in [0.29, 0.717) is 30.8 Å². The molecule has 0 unspecified atom stereocenters. The lowest BCUT2D eigenvalue weighted by atomic mass is 9.76. The van der Waals surface area contributed by atoms with E-state index in [0.717, 1.165) is 6.07 Å². The van der Waals surface area contributed by atoms with Gasteiger partial charge in [-0.25, -0.2) is 14.4 Å². The van der Waals surface area contributed by atoms with Crippen LogP contribution >= 0.6 is 0 Å². The van der Waals surface area contributed by atoms with Gasteiger partial charge < -0.3 is 20.1 Å². The van der Waals surface area contributed by atoms with E-state index in [9.17, 15) is 22.7 Å². The summed E-state index contributed by atoms with van der Waals surface area (Å²) in [5, 5.41) is 9.60. The summed E-state index contributed by atoms with van der Waals surface area (Å²) < 4.78 is 56.9. The first kappa shape index (κ1) is 17.1. The monoisotopic (exact) mass is 372 g/mol. The zero-order valence-electron chi connectivity index (χ0n) is 13.5. The van der Waals surface area contributed by atoms with Gasteiger partial charge in [-0.1, -0.05) is 0 Å². The normalized spacial score (nSPS) is 27.4. The van der Waals surface area contributed by atoms with Gasteiger partial charge in [0.2, 0.25) is 0 Å². The van der Waals surface area contributed by atoms with Crippen LogP contribution in [-0.2, 0) is 12.1 Å². The van der Waals surface area contributed by atoms with E-state index in [1.54, 1.807) is 10.8 Å². The molecule has 0 spiro atoms. The number of ether oxygens (including phenoxy) is 1. The largest absolute Gasteiger partial charge is 0.573 e. The van der Waals surface area contributed by atoms with Crippen LogP contribution in [0.15, 0.2) is 18.5 Å². The molecule has 0 aliphatic heterocycles. The molecule has 3 fully saturated rings. The molecule has 140 valence electrons. The number of rotatable bonds is 4. The van der Waals surface area contributed by atoms with Crippen molar-refractivity contribution in [1.82, 2.24) is 14.5 Å². The fourth-order valence-corrected chi connectivity index (χ4v) is 4.04. The van der Waals surface area contributed by atoms with Gasteiger partial charge in [-0.2, -0.15) is 0 Å². The van der Waals surface area contributed by atoms with Crippen LogP contribution in [0.1, 0.15) is 25.1 Å². The molecule has 6 nitrogen and oxygen atoms in total. The first-order valence-electron chi connectivity index (χ1n) is 8.06. The molecule has 2 aromatic rings. The number of halogens is 4. The van der Waals surface area contributed by atoms with Crippen molar-refractivity contribution < 1.29 is 27.4 Å². The van der Waals surface area contributed by atoms with Gasteiger partial charge >= 0.3 is 6.36 Å². The van der Waals surface area contributed by atoms with Crippen LogP contribution in [0.5, 0.6) is 5.75 Å². The quantitative estimate of drug-likeness (QED) is 0.806. The van der Waals surface area contributed by atoms with Crippen molar-refractivity contribution in [3.63, 3.8) is 0 Å². The summed E-state index contributed by atoms with van der Waals surface area (Å²) in [7, 11) is 0. The number of anilines is 1. The fourth-order valence-electron chi connectivity index (χ4n) is 4.04. The Hall–Kier alpha value is -2.36. The van der Waals surface area contributed by atoms with Gasteiger partial charge in [-0.05, 0) is 24.8 Å². The zero-order chi connectivity index (χ0) is 18.7. The Balaban J connectivity index is 1.70. The van der Waals surface area contributed by atoms with Crippen molar-refractivity contribution in [2.75, 3.05) is 5.73 Å². The minimum absolute atomic E-state index is 0.0253. The molecule has 5 rings (SSSR count). The molecule has 3 aliphatic rings. The van der Waals surface area contributed by atoms with Gasteiger partial charge in [0, 0.05) is 29.9 Å². The van der Waals surface area contributed by atoms with E-state index >= 15 is 0 Å². The minimum atomic E-state index is -4.90. The van der Waals surface area contributed by atoms with Crippen molar-refractivity contribution in [2.45, 2.75) is 43.9 Å². The second-order valence-electron chi connectivity index (χ2n) is 6.84. The summed E-state index contributed by atoms with van der Waals surface area (Å²) in [5.41, 5.74) is 5.59. The summed E-state index contributed by atoms with van der Waals surface area (Å²) in [6.45, 7) is -0.363. The minimum Gasteiger partial charge on any atom is -0.402 e. The van der Waals surface area contributed by atoms with Crippen LogP contribution in [0.3, 0.4) is 0 Å². The highest BCUT2D eigenvalue weighted by Crippen LogP contribution is 2.58. The number of aliphatic hydroxyl groups excluding tert-OH is 1. The third kappa shape index (κ3) is 2.68. The zero-order valence-corrected chi connectivity index (χ0v) is 13.5. The molecule has 10 heteroatoms. The van der Waals surface area contributed by atoms with Crippen LogP contribution < -0.4 is 10.5 Å². The van der Waals surface area contributed by atoms with E-state index in [4.69, 9.17) is 5.73 Å². The lowest BCUT2D eigenvalue weighted by molar-refractivity contribution is -0.274. The third-order valence-corrected chi connectivity index (χ3v) is 5.21. The van der Waals surface area contributed by atoms with Gasteiger partial charge in [-0.3, -0.25) is 0 Å². The molecule has 3 aliphatic carbocycles.